The number of carbonyl (C=O) groups is 3. The maximum atomic E-state index is 14.1. The van der Waals surface area contributed by atoms with Crippen molar-refractivity contribution in [2.45, 2.75) is 31.0 Å². The number of anilines is 2. The van der Waals surface area contributed by atoms with E-state index >= 15 is 0 Å². The van der Waals surface area contributed by atoms with Gasteiger partial charge in [-0.2, -0.15) is 0 Å². The number of aromatic hydroxyl groups is 1. The van der Waals surface area contributed by atoms with Gasteiger partial charge in [0.05, 0.1) is 18.2 Å². The summed E-state index contributed by atoms with van der Waals surface area (Å²) >= 11 is 0. The second-order valence-electron chi connectivity index (χ2n) is 11.7. The highest BCUT2D eigenvalue weighted by atomic mass is 16.3. The molecule has 0 bridgehead atoms. The molecule has 1 aromatic heterocycles. The molecule has 14 nitrogen and oxygen atoms in total. The summed E-state index contributed by atoms with van der Waals surface area (Å²) in [4.78, 5) is 51.2. The monoisotopic (exact) mass is 605 g/mol. The highest BCUT2D eigenvalue weighted by Crippen LogP contribution is 2.54. The fourth-order valence-electron chi connectivity index (χ4n) is 6.64. The first-order valence-corrected chi connectivity index (χ1v) is 13.9. The van der Waals surface area contributed by atoms with Crippen LogP contribution in [0.25, 0.3) is 5.76 Å². The molecule has 0 radical (unpaired) electrons. The highest BCUT2D eigenvalue weighted by Gasteiger charge is 2.64. The minimum absolute atomic E-state index is 0.00115. The van der Waals surface area contributed by atoms with E-state index < -0.39 is 58.0 Å². The molecule has 3 aliphatic rings. The van der Waals surface area contributed by atoms with Crippen molar-refractivity contribution >= 4 is 40.7 Å². The third kappa shape index (κ3) is 4.62. The Labute approximate surface area is 253 Å². The number of aliphatic hydroxyl groups excluding tert-OH is 2. The number of fused-ring (bicyclic) bond motifs is 3. The molecule has 232 valence electrons. The predicted octanol–water partition coefficient (Wildman–Crippen LogP) is 0.352. The van der Waals surface area contributed by atoms with Crippen LogP contribution < -0.4 is 21.7 Å². The van der Waals surface area contributed by atoms with Gasteiger partial charge in [0.25, 0.3) is 5.91 Å². The number of phenols is 1. The second kappa shape index (κ2) is 11.0. The van der Waals surface area contributed by atoms with Crippen LogP contribution >= 0.6 is 0 Å². The number of pyridine rings is 1. The van der Waals surface area contributed by atoms with E-state index in [1.54, 1.807) is 63.6 Å². The summed E-state index contributed by atoms with van der Waals surface area (Å²) in [7, 11) is 6.68. The summed E-state index contributed by atoms with van der Waals surface area (Å²) in [5.74, 6) is -6.55. The molecule has 4 atom stereocenters. The lowest BCUT2D eigenvalue weighted by Crippen LogP contribution is -2.65. The molecule has 0 aliphatic heterocycles. The van der Waals surface area contributed by atoms with Gasteiger partial charge < -0.3 is 42.1 Å². The number of hydrogen-bond donors (Lipinski definition) is 7. The van der Waals surface area contributed by atoms with Crippen LogP contribution in [0, 0.1) is 11.8 Å². The van der Waals surface area contributed by atoms with E-state index in [9.17, 15) is 34.8 Å². The van der Waals surface area contributed by atoms with Crippen molar-refractivity contribution in [1.29, 1.82) is 0 Å². The largest absolute Gasteiger partial charge is 0.508 e. The van der Waals surface area contributed by atoms with Crippen LogP contribution in [0.1, 0.15) is 23.1 Å². The van der Waals surface area contributed by atoms with Crippen molar-refractivity contribution in [3.8, 4) is 5.75 Å². The molecule has 0 spiro atoms. The number of benzene rings is 1. The Morgan fingerprint density at radius 3 is 2.45 bits per heavy atom. The number of guanidine groups is 1. The number of phenolic OH excluding ortho intramolecular Hbond substituents is 1. The van der Waals surface area contributed by atoms with E-state index in [-0.39, 0.29) is 42.2 Å². The number of aromatic nitrogens is 1. The van der Waals surface area contributed by atoms with Gasteiger partial charge in [-0.15, -0.1) is 0 Å². The minimum Gasteiger partial charge on any atom is -0.508 e. The zero-order valence-corrected chi connectivity index (χ0v) is 24.7. The van der Waals surface area contributed by atoms with Crippen LogP contribution in [0.4, 0.5) is 11.5 Å². The Kier molecular flexibility index (Phi) is 7.60. The van der Waals surface area contributed by atoms with Gasteiger partial charge in [-0.05, 0) is 56.6 Å². The maximum Gasteiger partial charge on any atom is 0.255 e. The van der Waals surface area contributed by atoms with E-state index in [0.717, 1.165) is 0 Å². The van der Waals surface area contributed by atoms with Gasteiger partial charge in [0.15, 0.2) is 17.3 Å². The Morgan fingerprint density at radius 2 is 1.86 bits per heavy atom. The molecule has 2 unspecified atom stereocenters. The third-order valence-electron chi connectivity index (χ3n) is 8.60. The lowest BCUT2D eigenvalue weighted by Gasteiger charge is -2.50. The number of nitrogens with zero attached hydrogens (tertiary/aromatic N) is 4. The van der Waals surface area contributed by atoms with Gasteiger partial charge in [0, 0.05) is 43.0 Å². The standard InChI is InChI=1S/C30H35N7O7/c1-36(2)17-11-14(12-34-29(32)35-18-7-5-6-8-33-18)23(38)20-15(17)9-13-10-16-22(37(3)4)25(40)21(28(31)43)27(42)30(16,44)26(41)19(13)24(20)39/h5-8,11,13,16,22,38-39,42,44H,9-10,12H2,1-4H3,(H2,31,43)(H3,32,33,34,35)/t13?,16?,22-,30-/m0/s1. The molecule has 14 heteroatoms. The molecule has 1 aromatic carbocycles. The molecule has 1 amide bonds. The number of nitrogens with two attached hydrogens (primary N) is 2. The third-order valence-corrected chi connectivity index (χ3v) is 8.60. The molecule has 44 heavy (non-hydrogen) atoms. The summed E-state index contributed by atoms with van der Waals surface area (Å²) in [6, 6.07) is 5.78. The Morgan fingerprint density at radius 1 is 1.16 bits per heavy atom. The molecular weight excluding hydrogens is 570 g/mol. The number of carbonyl (C=O) groups excluding carboxylic acids is 3. The van der Waals surface area contributed by atoms with Gasteiger partial charge in [-0.1, -0.05) is 6.07 Å². The van der Waals surface area contributed by atoms with Gasteiger partial charge >= 0.3 is 0 Å². The maximum absolute atomic E-state index is 14.1. The number of amides is 1. The first-order chi connectivity index (χ1) is 20.7. The summed E-state index contributed by atoms with van der Waals surface area (Å²) in [6.07, 6.45) is 1.75. The van der Waals surface area contributed by atoms with Crippen molar-refractivity contribution in [2.24, 2.45) is 28.3 Å². The molecule has 1 saturated carbocycles. The van der Waals surface area contributed by atoms with Gasteiger partial charge in [-0.3, -0.25) is 19.3 Å². The topological polar surface area (TPSA) is 228 Å². The lowest BCUT2D eigenvalue weighted by atomic mass is 9.57. The predicted molar refractivity (Wildman–Crippen MR) is 162 cm³/mol. The SMILES string of the molecule is CN(C)c1cc(CN=C(N)Nc2ccccn2)c(O)c2c1CC1CC3[C@H](N(C)C)C(=O)C(C(N)=O)=C(O)[C@@]3(O)C(=O)C1=C2O. The first-order valence-electron chi connectivity index (χ1n) is 13.9. The van der Waals surface area contributed by atoms with Gasteiger partial charge in [0.2, 0.25) is 5.78 Å². The number of primary amides is 1. The summed E-state index contributed by atoms with van der Waals surface area (Å²) in [5, 5.41) is 48.7. The zero-order valence-electron chi connectivity index (χ0n) is 24.7. The quantitative estimate of drug-likeness (QED) is 0.134. The molecule has 3 aliphatic carbocycles. The van der Waals surface area contributed by atoms with E-state index in [4.69, 9.17) is 11.5 Å². The van der Waals surface area contributed by atoms with Crippen molar-refractivity contribution in [3.05, 3.63) is 64.1 Å². The number of ketones is 2. The van der Waals surface area contributed by atoms with E-state index in [1.807, 2.05) is 0 Å². The lowest BCUT2D eigenvalue weighted by molar-refractivity contribution is -0.153. The van der Waals surface area contributed by atoms with Crippen LogP contribution in [0.3, 0.4) is 0 Å². The number of hydrogen-bond acceptors (Lipinski definition) is 11. The molecule has 2 aromatic rings. The molecule has 1 fully saturated rings. The van der Waals surface area contributed by atoms with Crippen LogP contribution in [-0.4, -0.2) is 93.6 Å². The summed E-state index contributed by atoms with van der Waals surface area (Å²) < 4.78 is 0. The normalized spacial score (nSPS) is 25.0. The van der Waals surface area contributed by atoms with Crippen molar-refractivity contribution in [2.75, 3.05) is 38.4 Å². The van der Waals surface area contributed by atoms with Crippen molar-refractivity contribution in [3.63, 3.8) is 0 Å². The number of Topliss-reactive ketones (excluding diaryl/α,β-unsaturated/α-hetero) is 2. The van der Waals surface area contributed by atoms with Crippen LogP contribution in [-0.2, 0) is 27.3 Å². The number of nitrogens with one attached hydrogen (secondary N) is 1. The number of aliphatic imine (C=N–C) groups is 1. The summed E-state index contributed by atoms with van der Waals surface area (Å²) in [5.41, 5.74) is 9.07. The molecule has 9 N–H and O–H groups in total. The molecule has 0 saturated heterocycles. The molecule has 1 heterocycles. The smallest absolute Gasteiger partial charge is 0.255 e. The van der Waals surface area contributed by atoms with Crippen LogP contribution in [0.5, 0.6) is 5.75 Å². The Bertz CT molecular complexity index is 1670. The van der Waals surface area contributed by atoms with E-state index in [2.05, 4.69) is 15.3 Å². The molecule has 5 rings (SSSR count). The fraction of sp³-hybridized carbons (Fsp3) is 0.367. The van der Waals surface area contributed by atoms with Gasteiger partial charge in [0.1, 0.15) is 28.7 Å². The number of rotatable bonds is 6. The van der Waals surface area contributed by atoms with E-state index in [1.165, 1.54) is 4.90 Å². The highest BCUT2D eigenvalue weighted by molar-refractivity contribution is 6.24. The van der Waals surface area contributed by atoms with Crippen molar-refractivity contribution in [1.82, 2.24) is 9.88 Å². The first kappa shape index (κ1) is 30.5. The Balaban J connectivity index is 1.63. The average molecular weight is 606 g/mol. The second-order valence-corrected chi connectivity index (χ2v) is 11.7. The van der Waals surface area contributed by atoms with Gasteiger partial charge in [-0.25, -0.2) is 9.98 Å². The Hall–Kier alpha value is -4.95. The molecular formula is C30H35N7O7. The number of aliphatic hydroxyl groups is 3. The fourth-order valence-corrected chi connectivity index (χ4v) is 6.64. The van der Waals surface area contributed by atoms with Crippen LogP contribution in [0.2, 0.25) is 0 Å². The van der Waals surface area contributed by atoms with Crippen molar-refractivity contribution < 1.29 is 34.8 Å². The summed E-state index contributed by atoms with van der Waals surface area (Å²) in [6.45, 7) is -0.101. The zero-order chi connectivity index (χ0) is 32.2. The average Bonchev–Trinajstić information content (AvgIpc) is 2.94. The minimum atomic E-state index is -2.71. The van der Waals surface area contributed by atoms with E-state index in [0.29, 0.717) is 22.6 Å². The number of likely N-dealkylation sites (N-methyl/N-ethyl adjacent to an activating group) is 1. The van der Waals surface area contributed by atoms with Crippen LogP contribution in [0.15, 0.2) is 52.4 Å².